The molecule has 0 bridgehead atoms. The molecule has 1 aromatic carbocycles. The lowest BCUT2D eigenvalue weighted by Gasteiger charge is -2.24. The van der Waals surface area contributed by atoms with E-state index in [1.165, 1.54) is 5.56 Å². The van der Waals surface area contributed by atoms with Crippen LogP contribution in [0.2, 0.25) is 0 Å². The molecule has 0 saturated heterocycles. The van der Waals surface area contributed by atoms with Crippen LogP contribution in [0.15, 0.2) is 29.3 Å². The van der Waals surface area contributed by atoms with E-state index in [0.29, 0.717) is 6.54 Å². The minimum atomic E-state index is 0. The van der Waals surface area contributed by atoms with Crippen LogP contribution in [-0.2, 0) is 0 Å². The van der Waals surface area contributed by atoms with Crippen molar-refractivity contribution < 1.29 is 4.74 Å². The first-order valence-electron chi connectivity index (χ1n) is 7.44. The third-order valence-electron chi connectivity index (χ3n) is 3.21. The number of nitrogens with one attached hydrogen (secondary N) is 2. The first kappa shape index (κ1) is 21.0. The average molecular weight is 420 g/mol. The third-order valence-corrected chi connectivity index (χ3v) is 3.21. The number of rotatable bonds is 7. The molecular weight excluding hydrogens is 391 g/mol. The molecule has 0 aliphatic carbocycles. The Bertz CT molecular complexity index is 444. The first-order valence-corrected chi connectivity index (χ1v) is 7.44. The van der Waals surface area contributed by atoms with Crippen molar-refractivity contribution in [1.82, 2.24) is 15.5 Å². The number of guanidine groups is 1. The summed E-state index contributed by atoms with van der Waals surface area (Å²) in [5, 5.41) is 6.50. The van der Waals surface area contributed by atoms with E-state index in [1.54, 1.807) is 7.11 Å². The van der Waals surface area contributed by atoms with Gasteiger partial charge in [-0.05, 0) is 45.6 Å². The zero-order valence-corrected chi connectivity index (χ0v) is 16.5. The van der Waals surface area contributed by atoms with E-state index in [1.807, 2.05) is 12.1 Å². The van der Waals surface area contributed by atoms with Gasteiger partial charge in [-0.1, -0.05) is 12.1 Å². The van der Waals surface area contributed by atoms with Crippen LogP contribution in [-0.4, -0.2) is 51.7 Å². The van der Waals surface area contributed by atoms with Gasteiger partial charge in [0, 0.05) is 13.1 Å². The van der Waals surface area contributed by atoms with E-state index >= 15 is 0 Å². The van der Waals surface area contributed by atoms with Gasteiger partial charge in [0.25, 0.3) is 0 Å². The Labute approximate surface area is 151 Å². The van der Waals surface area contributed by atoms with Gasteiger partial charge in [-0.15, -0.1) is 24.0 Å². The number of nitrogens with zero attached hydrogens (tertiary/aromatic N) is 2. The van der Waals surface area contributed by atoms with Crippen molar-refractivity contribution in [2.75, 3.05) is 40.8 Å². The molecule has 0 radical (unpaired) electrons. The summed E-state index contributed by atoms with van der Waals surface area (Å²) in [6.45, 7) is 6.54. The standard InChI is InChI=1S/C16H28N4O.HI/c1-6-17-16(18-7-2)19-12-15(20(3)4)13-9-8-10-14(11-13)21-5;/h8-11,15H,6-7,12H2,1-5H3,(H2,17,18,19);1H. The summed E-state index contributed by atoms with van der Waals surface area (Å²) in [7, 11) is 5.83. The van der Waals surface area contributed by atoms with Gasteiger partial charge in [0.05, 0.1) is 19.7 Å². The molecule has 5 nitrogen and oxygen atoms in total. The molecule has 0 aliphatic heterocycles. The average Bonchev–Trinajstić information content (AvgIpc) is 2.47. The molecule has 2 N–H and O–H groups in total. The molecule has 126 valence electrons. The van der Waals surface area contributed by atoms with Crippen molar-refractivity contribution in [3.63, 3.8) is 0 Å². The number of benzene rings is 1. The minimum absolute atomic E-state index is 0. The molecule has 0 amide bonds. The summed E-state index contributed by atoms with van der Waals surface area (Å²) in [6, 6.07) is 8.38. The number of ether oxygens (including phenoxy) is 1. The predicted octanol–water partition coefficient (Wildman–Crippen LogP) is 2.49. The van der Waals surface area contributed by atoms with Gasteiger partial charge in [-0.25, -0.2) is 0 Å². The molecule has 0 fully saturated rings. The molecular formula is C16H29IN4O. The maximum Gasteiger partial charge on any atom is 0.191 e. The molecule has 0 heterocycles. The Balaban J connectivity index is 0.00000441. The number of hydrogen-bond acceptors (Lipinski definition) is 3. The summed E-state index contributed by atoms with van der Waals surface area (Å²) in [6.07, 6.45) is 0. The van der Waals surface area contributed by atoms with Crippen LogP contribution < -0.4 is 15.4 Å². The number of aliphatic imine (C=N–C) groups is 1. The molecule has 0 aliphatic rings. The van der Waals surface area contributed by atoms with E-state index in [9.17, 15) is 0 Å². The van der Waals surface area contributed by atoms with Crippen LogP contribution in [0.5, 0.6) is 5.75 Å². The Hall–Kier alpha value is -1.02. The van der Waals surface area contributed by atoms with Crippen LogP contribution >= 0.6 is 24.0 Å². The predicted molar refractivity (Wildman–Crippen MR) is 104 cm³/mol. The number of methoxy groups -OCH3 is 1. The van der Waals surface area contributed by atoms with Gasteiger partial charge in [-0.2, -0.15) is 0 Å². The normalized spacial score (nSPS) is 11.4. The monoisotopic (exact) mass is 420 g/mol. The van der Waals surface area contributed by atoms with Crippen molar-refractivity contribution in [1.29, 1.82) is 0 Å². The largest absolute Gasteiger partial charge is 0.497 e. The van der Waals surface area contributed by atoms with E-state index in [0.717, 1.165) is 24.8 Å². The SMILES string of the molecule is CCNC(=NCC(c1cccc(OC)c1)N(C)C)NCC.I. The Kier molecular flexibility index (Phi) is 11.0. The molecule has 1 unspecified atom stereocenters. The molecule has 1 atom stereocenters. The zero-order chi connectivity index (χ0) is 15.7. The summed E-state index contributed by atoms with van der Waals surface area (Å²) < 4.78 is 5.31. The van der Waals surface area contributed by atoms with Crippen LogP contribution in [0.3, 0.4) is 0 Å². The van der Waals surface area contributed by atoms with Gasteiger partial charge in [0.2, 0.25) is 0 Å². The van der Waals surface area contributed by atoms with Crippen LogP contribution in [0.1, 0.15) is 25.5 Å². The van der Waals surface area contributed by atoms with Gasteiger partial charge < -0.3 is 20.3 Å². The second-order valence-corrected chi connectivity index (χ2v) is 5.01. The Morgan fingerprint density at radius 2 is 1.86 bits per heavy atom. The number of halogens is 1. The van der Waals surface area contributed by atoms with Crippen LogP contribution in [0.25, 0.3) is 0 Å². The highest BCUT2D eigenvalue weighted by atomic mass is 127. The lowest BCUT2D eigenvalue weighted by atomic mass is 10.1. The highest BCUT2D eigenvalue weighted by molar-refractivity contribution is 14.0. The lowest BCUT2D eigenvalue weighted by Crippen LogP contribution is -2.37. The molecule has 0 spiro atoms. The van der Waals surface area contributed by atoms with E-state index in [2.05, 4.69) is 60.6 Å². The second kappa shape index (κ2) is 11.5. The molecule has 1 rings (SSSR count). The highest BCUT2D eigenvalue weighted by Gasteiger charge is 2.14. The van der Waals surface area contributed by atoms with Crippen molar-refractivity contribution in [2.24, 2.45) is 4.99 Å². The fourth-order valence-electron chi connectivity index (χ4n) is 2.10. The summed E-state index contributed by atoms with van der Waals surface area (Å²) in [4.78, 5) is 6.84. The minimum Gasteiger partial charge on any atom is -0.497 e. The van der Waals surface area contributed by atoms with E-state index < -0.39 is 0 Å². The van der Waals surface area contributed by atoms with Gasteiger partial charge in [0.15, 0.2) is 5.96 Å². The third kappa shape index (κ3) is 6.83. The topological polar surface area (TPSA) is 48.9 Å². The number of hydrogen-bond donors (Lipinski definition) is 2. The second-order valence-electron chi connectivity index (χ2n) is 5.01. The fourth-order valence-corrected chi connectivity index (χ4v) is 2.10. The van der Waals surface area contributed by atoms with E-state index in [-0.39, 0.29) is 30.0 Å². The smallest absolute Gasteiger partial charge is 0.191 e. The van der Waals surface area contributed by atoms with Gasteiger partial charge in [0.1, 0.15) is 5.75 Å². The molecule has 22 heavy (non-hydrogen) atoms. The molecule has 1 aromatic rings. The summed E-state index contributed by atoms with van der Waals surface area (Å²) in [5.41, 5.74) is 1.20. The summed E-state index contributed by atoms with van der Waals surface area (Å²) >= 11 is 0. The Morgan fingerprint density at radius 3 is 2.36 bits per heavy atom. The van der Waals surface area contributed by atoms with Crippen molar-refractivity contribution >= 4 is 29.9 Å². The molecule has 6 heteroatoms. The van der Waals surface area contributed by atoms with E-state index in [4.69, 9.17) is 4.74 Å². The quantitative estimate of drug-likeness (QED) is 0.404. The fraction of sp³-hybridized carbons (Fsp3) is 0.562. The number of likely N-dealkylation sites (N-methyl/N-ethyl adjacent to an activating group) is 1. The maximum atomic E-state index is 5.31. The molecule has 0 aromatic heterocycles. The van der Waals surface area contributed by atoms with Gasteiger partial charge >= 0.3 is 0 Å². The van der Waals surface area contributed by atoms with Gasteiger partial charge in [-0.3, -0.25) is 4.99 Å². The maximum absolute atomic E-state index is 5.31. The zero-order valence-electron chi connectivity index (χ0n) is 14.2. The first-order chi connectivity index (χ1) is 10.1. The van der Waals surface area contributed by atoms with Crippen LogP contribution in [0.4, 0.5) is 0 Å². The Morgan fingerprint density at radius 1 is 1.23 bits per heavy atom. The molecule has 0 saturated carbocycles. The van der Waals surface area contributed by atoms with Crippen LogP contribution in [0, 0.1) is 0 Å². The van der Waals surface area contributed by atoms with Crippen molar-refractivity contribution in [2.45, 2.75) is 19.9 Å². The highest BCUT2D eigenvalue weighted by Crippen LogP contribution is 2.22. The van der Waals surface area contributed by atoms with Crippen molar-refractivity contribution in [3.05, 3.63) is 29.8 Å². The lowest BCUT2D eigenvalue weighted by molar-refractivity contribution is 0.305. The van der Waals surface area contributed by atoms with Crippen molar-refractivity contribution in [3.8, 4) is 5.75 Å². The summed E-state index contributed by atoms with van der Waals surface area (Å²) in [5.74, 6) is 1.73.